The van der Waals surface area contributed by atoms with Crippen molar-refractivity contribution in [3.8, 4) is 5.75 Å². The minimum atomic E-state index is -3.88. The molecule has 0 heterocycles. The van der Waals surface area contributed by atoms with Gasteiger partial charge in [-0.05, 0) is 29.8 Å². The summed E-state index contributed by atoms with van der Waals surface area (Å²) in [6.07, 6.45) is 2.10. The van der Waals surface area contributed by atoms with Crippen LogP contribution in [-0.2, 0) is 10.1 Å². The molecule has 2 aromatic rings. The Morgan fingerprint density at radius 2 is 1.62 bits per heavy atom. The van der Waals surface area contributed by atoms with Crippen molar-refractivity contribution in [3.05, 3.63) is 76.5 Å². The van der Waals surface area contributed by atoms with Crippen molar-refractivity contribution >= 4 is 16.2 Å². The lowest BCUT2D eigenvalue weighted by Crippen LogP contribution is -2.09. The van der Waals surface area contributed by atoms with Gasteiger partial charge in [0.25, 0.3) is 0 Å². The van der Waals surface area contributed by atoms with E-state index < -0.39 is 15.0 Å². The minimum absolute atomic E-state index is 0.0577. The van der Waals surface area contributed by atoms with E-state index in [1.165, 1.54) is 42.5 Å². The van der Waals surface area contributed by atoms with Crippen LogP contribution in [0.25, 0.3) is 6.08 Å². The molecular formula is C14H11NO5S. The summed E-state index contributed by atoms with van der Waals surface area (Å²) in [7, 11) is -3.88. The Hall–Kier alpha value is -2.67. The Morgan fingerprint density at radius 3 is 2.19 bits per heavy atom. The lowest BCUT2D eigenvalue weighted by Gasteiger charge is -2.06. The zero-order valence-electron chi connectivity index (χ0n) is 10.7. The van der Waals surface area contributed by atoms with Crippen molar-refractivity contribution in [2.45, 2.75) is 4.90 Å². The van der Waals surface area contributed by atoms with Gasteiger partial charge in [-0.2, -0.15) is 8.42 Å². The number of hydrogen-bond acceptors (Lipinski definition) is 5. The summed E-state index contributed by atoms with van der Waals surface area (Å²) in [6.45, 7) is 0. The molecule has 108 valence electrons. The van der Waals surface area contributed by atoms with E-state index in [1.54, 1.807) is 18.2 Å². The standard InChI is InChI=1S/C14H11NO5S/c16-15(17)11-10-12-6-8-13(9-7-12)20-21(18,19)14-4-2-1-3-5-14/h1-11H/b11-10+. The van der Waals surface area contributed by atoms with E-state index in [9.17, 15) is 18.5 Å². The number of nitrogens with zero attached hydrogens (tertiary/aromatic N) is 1. The third-order valence-corrected chi connectivity index (χ3v) is 3.77. The summed E-state index contributed by atoms with van der Waals surface area (Å²) in [5.74, 6) is 0.136. The van der Waals surface area contributed by atoms with Crippen LogP contribution in [0.1, 0.15) is 5.56 Å². The van der Waals surface area contributed by atoms with E-state index in [1.807, 2.05) is 0 Å². The van der Waals surface area contributed by atoms with E-state index in [0.29, 0.717) is 5.56 Å². The first-order chi connectivity index (χ1) is 9.97. The van der Waals surface area contributed by atoms with Gasteiger partial charge >= 0.3 is 10.1 Å². The molecule has 7 heteroatoms. The highest BCUT2D eigenvalue weighted by Gasteiger charge is 2.15. The Bertz CT molecular complexity index is 752. The fourth-order valence-electron chi connectivity index (χ4n) is 1.54. The second-order valence-electron chi connectivity index (χ2n) is 4.02. The van der Waals surface area contributed by atoms with Gasteiger partial charge in [-0.1, -0.05) is 30.3 Å². The maximum atomic E-state index is 12.0. The fraction of sp³-hybridized carbons (Fsp3) is 0. The van der Waals surface area contributed by atoms with Crippen LogP contribution in [-0.4, -0.2) is 13.3 Å². The normalized spacial score (nSPS) is 11.4. The molecule has 0 amide bonds. The number of rotatable bonds is 5. The van der Waals surface area contributed by atoms with Gasteiger partial charge in [0.15, 0.2) is 0 Å². The van der Waals surface area contributed by atoms with Crippen molar-refractivity contribution < 1.29 is 17.5 Å². The molecule has 0 aliphatic carbocycles. The van der Waals surface area contributed by atoms with Gasteiger partial charge in [-0.15, -0.1) is 0 Å². The third-order valence-electron chi connectivity index (χ3n) is 2.51. The average molecular weight is 305 g/mol. The van der Waals surface area contributed by atoms with Crippen molar-refractivity contribution in [1.29, 1.82) is 0 Å². The average Bonchev–Trinajstić information content (AvgIpc) is 2.47. The van der Waals surface area contributed by atoms with Crippen molar-refractivity contribution in [2.24, 2.45) is 0 Å². The molecule has 21 heavy (non-hydrogen) atoms. The molecule has 0 aliphatic heterocycles. The Morgan fingerprint density at radius 1 is 1.00 bits per heavy atom. The van der Waals surface area contributed by atoms with Crippen LogP contribution in [0.2, 0.25) is 0 Å². The number of hydrogen-bond donors (Lipinski definition) is 0. The van der Waals surface area contributed by atoms with E-state index in [0.717, 1.165) is 6.20 Å². The van der Waals surface area contributed by atoms with Crippen LogP contribution >= 0.6 is 0 Å². The van der Waals surface area contributed by atoms with Crippen LogP contribution in [0, 0.1) is 10.1 Å². The van der Waals surface area contributed by atoms with Crippen LogP contribution in [0.5, 0.6) is 5.75 Å². The van der Waals surface area contributed by atoms with Crippen molar-refractivity contribution in [1.82, 2.24) is 0 Å². The summed E-state index contributed by atoms with van der Waals surface area (Å²) in [5.41, 5.74) is 0.566. The maximum Gasteiger partial charge on any atom is 0.339 e. The van der Waals surface area contributed by atoms with Crippen LogP contribution in [0.4, 0.5) is 0 Å². The topological polar surface area (TPSA) is 86.5 Å². The predicted octanol–water partition coefficient (Wildman–Crippen LogP) is 2.70. The quantitative estimate of drug-likeness (QED) is 0.481. The highest BCUT2D eigenvalue weighted by atomic mass is 32.2. The molecule has 0 saturated heterocycles. The highest BCUT2D eigenvalue weighted by Crippen LogP contribution is 2.19. The van der Waals surface area contributed by atoms with Crippen LogP contribution < -0.4 is 4.18 Å². The first kappa shape index (κ1) is 14.7. The first-order valence-electron chi connectivity index (χ1n) is 5.89. The fourth-order valence-corrected chi connectivity index (χ4v) is 2.49. The van der Waals surface area contributed by atoms with E-state index in [4.69, 9.17) is 4.18 Å². The molecule has 0 aromatic heterocycles. The SMILES string of the molecule is O=[N+]([O-])/C=C/c1ccc(OS(=O)(=O)c2ccccc2)cc1. The summed E-state index contributed by atoms with van der Waals surface area (Å²) >= 11 is 0. The largest absolute Gasteiger partial charge is 0.379 e. The van der Waals surface area contributed by atoms with Crippen LogP contribution in [0.15, 0.2) is 65.7 Å². The van der Waals surface area contributed by atoms with Gasteiger partial charge in [0.1, 0.15) is 10.6 Å². The minimum Gasteiger partial charge on any atom is -0.379 e. The van der Waals surface area contributed by atoms with Gasteiger partial charge in [-0.3, -0.25) is 10.1 Å². The molecule has 0 aliphatic rings. The maximum absolute atomic E-state index is 12.0. The Labute approximate surface area is 121 Å². The van der Waals surface area contributed by atoms with Crippen molar-refractivity contribution in [3.63, 3.8) is 0 Å². The monoisotopic (exact) mass is 305 g/mol. The summed E-state index contributed by atoms with van der Waals surface area (Å²) in [5, 5.41) is 10.2. The Balaban J connectivity index is 2.15. The summed E-state index contributed by atoms with van der Waals surface area (Å²) in [6, 6.07) is 13.7. The first-order valence-corrected chi connectivity index (χ1v) is 7.29. The molecule has 0 fully saturated rings. The number of nitro groups is 1. The molecule has 2 rings (SSSR count). The van der Waals surface area contributed by atoms with E-state index in [2.05, 4.69) is 0 Å². The molecule has 0 N–H and O–H groups in total. The number of benzene rings is 2. The van der Waals surface area contributed by atoms with E-state index >= 15 is 0 Å². The zero-order valence-corrected chi connectivity index (χ0v) is 11.6. The highest BCUT2D eigenvalue weighted by molar-refractivity contribution is 7.87. The molecule has 2 aromatic carbocycles. The van der Waals surface area contributed by atoms with Crippen LogP contribution in [0.3, 0.4) is 0 Å². The molecule has 0 bridgehead atoms. The molecule has 0 saturated carbocycles. The molecule has 0 spiro atoms. The molecule has 0 unspecified atom stereocenters. The summed E-state index contributed by atoms with van der Waals surface area (Å²) < 4.78 is 28.9. The molecule has 0 radical (unpaired) electrons. The summed E-state index contributed by atoms with van der Waals surface area (Å²) in [4.78, 5) is 9.68. The van der Waals surface area contributed by atoms with Gasteiger partial charge in [0.2, 0.25) is 6.20 Å². The Kier molecular flexibility index (Phi) is 4.34. The lowest BCUT2D eigenvalue weighted by atomic mass is 10.2. The zero-order chi connectivity index (χ0) is 15.3. The lowest BCUT2D eigenvalue weighted by molar-refractivity contribution is -0.400. The second kappa shape index (κ2) is 6.19. The van der Waals surface area contributed by atoms with Gasteiger partial charge in [0.05, 0.1) is 4.92 Å². The smallest absolute Gasteiger partial charge is 0.339 e. The van der Waals surface area contributed by atoms with Gasteiger partial charge in [0, 0.05) is 6.08 Å². The molecular weight excluding hydrogens is 294 g/mol. The van der Waals surface area contributed by atoms with Crippen molar-refractivity contribution in [2.75, 3.05) is 0 Å². The molecule has 6 nitrogen and oxygen atoms in total. The van der Waals surface area contributed by atoms with E-state index in [-0.39, 0.29) is 10.6 Å². The molecule has 0 atom stereocenters. The second-order valence-corrected chi connectivity index (χ2v) is 5.57. The van der Waals surface area contributed by atoms with Gasteiger partial charge in [-0.25, -0.2) is 0 Å². The third kappa shape index (κ3) is 4.15. The predicted molar refractivity (Wildman–Crippen MR) is 76.7 cm³/mol. The van der Waals surface area contributed by atoms with Gasteiger partial charge < -0.3 is 4.18 Å².